The molecule has 0 unspecified atom stereocenters. The van der Waals surface area contributed by atoms with Crippen LogP contribution in [0.25, 0.3) is 5.69 Å². The smallest absolute Gasteiger partial charge is 0.267 e. The van der Waals surface area contributed by atoms with Crippen LogP contribution in [0, 0.1) is 13.8 Å². The highest BCUT2D eigenvalue weighted by Crippen LogP contribution is 2.04. The van der Waals surface area contributed by atoms with E-state index in [1.54, 1.807) is 6.20 Å². The summed E-state index contributed by atoms with van der Waals surface area (Å²) in [4.78, 5) is 11.9. The molecule has 3 nitrogen and oxygen atoms in total. The molecule has 1 aromatic heterocycles. The number of hydrogen-bond acceptors (Lipinski definition) is 2. The molecular formula is C14H18N2O. The van der Waals surface area contributed by atoms with Crippen molar-refractivity contribution < 1.29 is 0 Å². The van der Waals surface area contributed by atoms with Crippen molar-refractivity contribution in [2.75, 3.05) is 0 Å². The number of para-hydroxylation sites is 1. The molecule has 0 bridgehead atoms. The molecule has 0 fully saturated rings. The number of benzene rings is 1. The number of aryl methyl sites for hydroxylation is 1. The summed E-state index contributed by atoms with van der Waals surface area (Å²) in [5.41, 5.74) is 2.41. The van der Waals surface area contributed by atoms with Crippen LogP contribution in [-0.2, 0) is 0 Å². The van der Waals surface area contributed by atoms with Crippen LogP contribution in [0.4, 0.5) is 0 Å². The third-order valence-electron chi connectivity index (χ3n) is 2.47. The lowest BCUT2D eigenvalue weighted by molar-refractivity contribution is 0.789. The van der Waals surface area contributed by atoms with Gasteiger partial charge in [-0.2, -0.15) is 9.78 Å². The quantitative estimate of drug-likeness (QED) is 0.755. The predicted octanol–water partition coefficient (Wildman–Crippen LogP) is 2.88. The molecule has 2 aromatic rings. The topological polar surface area (TPSA) is 34.9 Å². The molecule has 2 rings (SSSR count). The van der Waals surface area contributed by atoms with Crippen LogP contribution < -0.4 is 5.56 Å². The van der Waals surface area contributed by atoms with E-state index in [0.717, 1.165) is 16.8 Å². The summed E-state index contributed by atoms with van der Waals surface area (Å²) >= 11 is 0. The molecule has 1 aromatic carbocycles. The largest absolute Gasteiger partial charge is 0.274 e. The summed E-state index contributed by atoms with van der Waals surface area (Å²) in [5, 5.41) is 4.11. The first-order valence-corrected chi connectivity index (χ1v) is 5.81. The van der Waals surface area contributed by atoms with E-state index in [2.05, 4.69) is 5.10 Å². The lowest BCUT2D eigenvalue weighted by atomic mass is 10.2. The Labute approximate surface area is 102 Å². The first-order chi connectivity index (χ1) is 8.20. The third kappa shape index (κ3) is 2.81. The fraction of sp³-hybridized carbons (Fsp3) is 0.286. The van der Waals surface area contributed by atoms with Gasteiger partial charge in [0.15, 0.2) is 0 Å². The summed E-state index contributed by atoms with van der Waals surface area (Å²) < 4.78 is 1.42. The maximum absolute atomic E-state index is 11.9. The molecule has 90 valence electrons. The molecule has 0 saturated carbocycles. The van der Waals surface area contributed by atoms with E-state index < -0.39 is 0 Å². The van der Waals surface area contributed by atoms with Gasteiger partial charge in [-0.25, -0.2) is 0 Å². The number of nitrogens with zero attached hydrogens (tertiary/aromatic N) is 2. The van der Waals surface area contributed by atoms with Crippen LogP contribution in [0.15, 0.2) is 41.3 Å². The Kier molecular flexibility index (Phi) is 4.64. The second-order valence-electron chi connectivity index (χ2n) is 3.51. The van der Waals surface area contributed by atoms with Crippen LogP contribution in [0.2, 0.25) is 0 Å². The number of rotatable bonds is 1. The molecule has 0 aliphatic heterocycles. The fourth-order valence-corrected chi connectivity index (χ4v) is 1.37. The molecule has 1 heterocycles. The van der Waals surface area contributed by atoms with Crippen LogP contribution in [0.5, 0.6) is 0 Å². The maximum Gasteiger partial charge on any atom is 0.274 e. The van der Waals surface area contributed by atoms with E-state index >= 15 is 0 Å². The summed E-state index contributed by atoms with van der Waals surface area (Å²) in [5.74, 6) is 0. The van der Waals surface area contributed by atoms with Gasteiger partial charge in [-0.15, -0.1) is 0 Å². The molecule has 0 radical (unpaired) electrons. The Balaban J connectivity index is 0.000000686. The van der Waals surface area contributed by atoms with Crippen molar-refractivity contribution in [1.82, 2.24) is 9.78 Å². The number of hydrogen-bond donors (Lipinski definition) is 0. The van der Waals surface area contributed by atoms with E-state index in [4.69, 9.17) is 0 Å². The Hall–Kier alpha value is -1.90. The van der Waals surface area contributed by atoms with Crippen molar-refractivity contribution in [2.45, 2.75) is 27.7 Å². The van der Waals surface area contributed by atoms with E-state index in [0.29, 0.717) is 0 Å². The Morgan fingerprint density at radius 2 is 1.65 bits per heavy atom. The average molecular weight is 230 g/mol. The molecule has 0 aliphatic carbocycles. The van der Waals surface area contributed by atoms with Gasteiger partial charge in [0, 0.05) is 5.56 Å². The highest BCUT2D eigenvalue weighted by Gasteiger charge is 2.04. The minimum Gasteiger partial charge on any atom is -0.267 e. The van der Waals surface area contributed by atoms with E-state index in [9.17, 15) is 4.79 Å². The van der Waals surface area contributed by atoms with E-state index in [-0.39, 0.29) is 5.56 Å². The molecule has 0 spiro atoms. The highest BCUT2D eigenvalue weighted by atomic mass is 16.1. The molecule has 0 amide bonds. The molecule has 0 N–H and O–H groups in total. The van der Waals surface area contributed by atoms with Crippen LogP contribution in [0.3, 0.4) is 0 Å². The van der Waals surface area contributed by atoms with Gasteiger partial charge in [0.2, 0.25) is 0 Å². The summed E-state index contributed by atoms with van der Waals surface area (Å²) in [6, 6.07) is 9.42. The highest BCUT2D eigenvalue weighted by molar-refractivity contribution is 5.31. The van der Waals surface area contributed by atoms with Gasteiger partial charge < -0.3 is 0 Å². The first kappa shape index (κ1) is 13.2. The predicted molar refractivity (Wildman–Crippen MR) is 70.7 cm³/mol. The first-order valence-electron chi connectivity index (χ1n) is 5.81. The van der Waals surface area contributed by atoms with Gasteiger partial charge in [0.05, 0.1) is 11.9 Å². The summed E-state index contributed by atoms with van der Waals surface area (Å²) in [6.07, 6.45) is 1.71. The van der Waals surface area contributed by atoms with Gasteiger partial charge in [0.25, 0.3) is 5.56 Å². The molecule has 0 atom stereocenters. The molecular weight excluding hydrogens is 212 g/mol. The fourth-order valence-electron chi connectivity index (χ4n) is 1.37. The normalized spacial score (nSPS) is 9.41. The molecule has 17 heavy (non-hydrogen) atoms. The zero-order valence-electron chi connectivity index (χ0n) is 10.8. The second kappa shape index (κ2) is 5.99. The third-order valence-corrected chi connectivity index (χ3v) is 2.47. The summed E-state index contributed by atoms with van der Waals surface area (Å²) in [7, 11) is 0. The Morgan fingerprint density at radius 3 is 2.24 bits per heavy atom. The van der Waals surface area contributed by atoms with Crippen molar-refractivity contribution >= 4 is 0 Å². The molecule has 0 saturated heterocycles. The molecule has 3 heteroatoms. The van der Waals surface area contributed by atoms with Gasteiger partial charge >= 0.3 is 0 Å². The lowest BCUT2D eigenvalue weighted by Gasteiger charge is -2.06. The van der Waals surface area contributed by atoms with Crippen LogP contribution in [0.1, 0.15) is 25.0 Å². The molecule has 0 aliphatic rings. The van der Waals surface area contributed by atoms with E-state index in [1.807, 2.05) is 58.0 Å². The van der Waals surface area contributed by atoms with Gasteiger partial charge in [-0.3, -0.25) is 4.79 Å². The van der Waals surface area contributed by atoms with Crippen molar-refractivity contribution in [3.8, 4) is 5.69 Å². The lowest BCUT2D eigenvalue weighted by Crippen LogP contribution is -2.23. The van der Waals surface area contributed by atoms with Gasteiger partial charge in [-0.05, 0) is 31.5 Å². The number of aromatic nitrogens is 2. The van der Waals surface area contributed by atoms with E-state index in [1.165, 1.54) is 4.68 Å². The monoisotopic (exact) mass is 230 g/mol. The zero-order chi connectivity index (χ0) is 12.8. The van der Waals surface area contributed by atoms with Gasteiger partial charge in [-0.1, -0.05) is 32.0 Å². The minimum absolute atomic E-state index is 0.0544. The van der Waals surface area contributed by atoms with Crippen molar-refractivity contribution in [2.24, 2.45) is 0 Å². The van der Waals surface area contributed by atoms with Crippen LogP contribution >= 0.6 is 0 Å². The van der Waals surface area contributed by atoms with Crippen LogP contribution in [-0.4, -0.2) is 9.78 Å². The van der Waals surface area contributed by atoms with Crippen molar-refractivity contribution in [3.05, 3.63) is 58.0 Å². The average Bonchev–Trinajstić information content (AvgIpc) is 2.40. The Morgan fingerprint density at radius 1 is 1.06 bits per heavy atom. The van der Waals surface area contributed by atoms with Gasteiger partial charge in [0.1, 0.15) is 0 Å². The zero-order valence-corrected chi connectivity index (χ0v) is 10.8. The standard InChI is InChI=1S/C12H12N2O.C2H6/c1-9-8-13-14(12(15)10(9)2)11-6-4-3-5-7-11;1-2/h3-8H,1-2H3;1-2H3. The minimum atomic E-state index is -0.0544. The Bertz CT molecular complexity index is 530. The second-order valence-corrected chi connectivity index (χ2v) is 3.51. The summed E-state index contributed by atoms with van der Waals surface area (Å²) in [6.45, 7) is 7.71. The SMILES string of the molecule is CC.Cc1cnn(-c2ccccc2)c(=O)c1C. The van der Waals surface area contributed by atoms with Crippen molar-refractivity contribution in [1.29, 1.82) is 0 Å². The maximum atomic E-state index is 11.9. The van der Waals surface area contributed by atoms with Crippen molar-refractivity contribution in [3.63, 3.8) is 0 Å².